The van der Waals surface area contributed by atoms with Crippen molar-refractivity contribution in [2.75, 3.05) is 11.1 Å². The van der Waals surface area contributed by atoms with Crippen LogP contribution in [-0.2, 0) is 6.18 Å². The molecular weight excluding hydrogens is 338 g/mol. The molecule has 8 heteroatoms. The number of nitrogen functional groups attached to an aromatic ring is 1. The van der Waals surface area contributed by atoms with Gasteiger partial charge < -0.3 is 11.1 Å². The third-order valence-corrected chi connectivity index (χ3v) is 3.62. The van der Waals surface area contributed by atoms with Gasteiger partial charge in [-0.1, -0.05) is 24.3 Å². The fourth-order valence-electron chi connectivity index (χ4n) is 2.38. The molecule has 1 amide bonds. The largest absolute Gasteiger partial charge is 0.416 e. The predicted octanol–water partition coefficient (Wildman–Crippen LogP) is 4.23. The van der Waals surface area contributed by atoms with E-state index in [1.165, 1.54) is 6.20 Å². The van der Waals surface area contributed by atoms with Crippen molar-refractivity contribution >= 4 is 28.1 Å². The van der Waals surface area contributed by atoms with E-state index in [9.17, 15) is 22.4 Å². The molecule has 0 radical (unpaired) electrons. The van der Waals surface area contributed by atoms with Crippen LogP contribution < -0.4 is 11.1 Å². The first-order chi connectivity index (χ1) is 11.8. The molecular formula is C17H11F4N3O. The summed E-state index contributed by atoms with van der Waals surface area (Å²) in [6.45, 7) is 0. The summed E-state index contributed by atoms with van der Waals surface area (Å²) in [5.41, 5.74) is 3.18. The van der Waals surface area contributed by atoms with E-state index < -0.39 is 34.7 Å². The fourth-order valence-corrected chi connectivity index (χ4v) is 2.38. The molecule has 4 nitrogen and oxygen atoms in total. The molecule has 0 saturated carbocycles. The number of carbonyl (C=O) groups is 1. The molecule has 1 heterocycles. The Morgan fingerprint density at radius 3 is 2.56 bits per heavy atom. The normalized spacial score (nSPS) is 11.5. The van der Waals surface area contributed by atoms with E-state index in [0.29, 0.717) is 11.5 Å². The summed E-state index contributed by atoms with van der Waals surface area (Å²) in [7, 11) is 0. The Morgan fingerprint density at radius 1 is 1.12 bits per heavy atom. The van der Waals surface area contributed by atoms with Gasteiger partial charge in [0.05, 0.1) is 28.7 Å². The Bertz CT molecular complexity index is 965. The summed E-state index contributed by atoms with van der Waals surface area (Å²) in [5.74, 6) is -2.27. The van der Waals surface area contributed by atoms with Crippen LogP contribution in [-0.4, -0.2) is 10.9 Å². The molecule has 128 valence electrons. The third kappa shape index (κ3) is 3.23. The molecule has 0 aliphatic heterocycles. The van der Waals surface area contributed by atoms with Gasteiger partial charge in [-0.2, -0.15) is 13.2 Å². The van der Waals surface area contributed by atoms with Gasteiger partial charge in [-0.25, -0.2) is 4.39 Å². The summed E-state index contributed by atoms with van der Waals surface area (Å²) in [6, 6.07) is 7.75. The number of pyridine rings is 1. The van der Waals surface area contributed by atoms with Crippen LogP contribution in [0.5, 0.6) is 0 Å². The van der Waals surface area contributed by atoms with E-state index in [1.54, 1.807) is 30.5 Å². The zero-order valence-electron chi connectivity index (χ0n) is 12.6. The van der Waals surface area contributed by atoms with E-state index >= 15 is 0 Å². The number of halogens is 4. The summed E-state index contributed by atoms with van der Waals surface area (Å²) in [5, 5.41) is 3.79. The highest BCUT2D eigenvalue weighted by Crippen LogP contribution is 2.33. The SMILES string of the molecule is Nc1c(F)cc(C(F)(F)F)cc1C(=O)Nc1cncc2ccccc12. The number of anilines is 2. The fraction of sp³-hybridized carbons (Fsp3) is 0.0588. The molecule has 2 aromatic carbocycles. The molecule has 0 spiro atoms. The van der Waals surface area contributed by atoms with Gasteiger partial charge in [0.25, 0.3) is 5.91 Å². The van der Waals surface area contributed by atoms with Crippen molar-refractivity contribution in [2.45, 2.75) is 6.18 Å². The first-order valence-corrected chi connectivity index (χ1v) is 7.07. The maximum atomic E-state index is 13.7. The van der Waals surface area contributed by atoms with E-state index in [2.05, 4.69) is 10.3 Å². The number of benzene rings is 2. The van der Waals surface area contributed by atoms with Crippen LogP contribution in [0.15, 0.2) is 48.8 Å². The number of nitrogens with two attached hydrogens (primary N) is 1. The second-order valence-corrected chi connectivity index (χ2v) is 5.28. The van der Waals surface area contributed by atoms with Gasteiger partial charge in [0.15, 0.2) is 0 Å². The molecule has 0 aliphatic rings. The average Bonchev–Trinajstić information content (AvgIpc) is 2.56. The number of rotatable bonds is 2. The lowest BCUT2D eigenvalue weighted by Crippen LogP contribution is -2.17. The summed E-state index contributed by atoms with van der Waals surface area (Å²) < 4.78 is 52.2. The van der Waals surface area contributed by atoms with Crippen LogP contribution in [0.2, 0.25) is 0 Å². The Labute approximate surface area is 139 Å². The van der Waals surface area contributed by atoms with Crippen molar-refractivity contribution in [3.63, 3.8) is 0 Å². The predicted molar refractivity (Wildman–Crippen MR) is 85.5 cm³/mol. The Hall–Kier alpha value is -3.16. The Morgan fingerprint density at radius 2 is 1.84 bits per heavy atom. The zero-order valence-corrected chi connectivity index (χ0v) is 12.6. The zero-order chi connectivity index (χ0) is 18.2. The molecule has 0 unspecified atom stereocenters. The topological polar surface area (TPSA) is 68.0 Å². The monoisotopic (exact) mass is 349 g/mol. The highest BCUT2D eigenvalue weighted by Gasteiger charge is 2.33. The molecule has 0 saturated heterocycles. The second-order valence-electron chi connectivity index (χ2n) is 5.28. The summed E-state index contributed by atoms with van der Waals surface area (Å²) in [4.78, 5) is 16.3. The minimum atomic E-state index is -4.80. The minimum absolute atomic E-state index is 0.256. The van der Waals surface area contributed by atoms with E-state index in [0.717, 1.165) is 5.39 Å². The van der Waals surface area contributed by atoms with Crippen LogP contribution in [0.3, 0.4) is 0 Å². The first-order valence-electron chi connectivity index (χ1n) is 7.07. The molecule has 0 bridgehead atoms. The number of carbonyl (C=O) groups excluding carboxylic acids is 1. The van der Waals surface area contributed by atoms with Crippen LogP contribution in [0.25, 0.3) is 10.8 Å². The van der Waals surface area contributed by atoms with Gasteiger partial charge in [-0.3, -0.25) is 9.78 Å². The van der Waals surface area contributed by atoms with Crippen molar-refractivity contribution in [1.82, 2.24) is 4.98 Å². The minimum Gasteiger partial charge on any atom is -0.396 e. The van der Waals surface area contributed by atoms with Crippen molar-refractivity contribution in [3.8, 4) is 0 Å². The quantitative estimate of drug-likeness (QED) is 0.537. The number of fused-ring (bicyclic) bond motifs is 1. The number of alkyl halides is 3. The van der Waals surface area contributed by atoms with Crippen LogP contribution in [0, 0.1) is 5.82 Å². The van der Waals surface area contributed by atoms with Crippen molar-refractivity contribution in [3.05, 3.63) is 65.7 Å². The molecule has 3 rings (SSSR count). The number of nitrogens with zero attached hydrogens (tertiary/aromatic N) is 1. The van der Waals surface area contributed by atoms with E-state index in [4.69, 9.17) is 5.73 Å². The van der Waals surface area contributed by atoms with E-state index in [-0.39, 0.29) is 11.8 Å². The van der Waals surface area contributed by atoms with Crippen LogP contribution >= 0.6 is 0 Å². The molecule has 1 aromatic heterocycles. The molecule has 3 N–H and O–H groups in total. The van der Waals surface area contributed by atoms with Gasteiger partial charge in [-0.05, 0) is 12.1 Å². The highest BCUT2D eigenvalue weighted by molar-refractivity contribution is 6.11. The molecule has 0 fully saturated rings. The van der Waals surface area contributed by atoms with Gasteiger partial charge in [0.2, 0.25) is 0 Å². The van der Waals surface area contributed by atoms with Crippen LogP contribution in [0.1, 0.15) is 15.9 Å². The van der Waals surface area contributed by atoms with Gasteiger partial charge in [-0.15, -0.1) is 0 Å². The lowest BCUT2D eigenvalue weighted by molar-refractivity contribution is -0.137. The third-order valence-electron chi connectivity index (χ3n) is 3.62. The number of hydrogen-bond acceptors (Lipinski definition) is 3. The number of aromatic nitrogens is 1. The van der Waals surface area contributed by atoms with Crippen molar-refractivity contribution in [1.29, 1.82) is 0 Å². The van der Waals surface area contributed by atoms with Crippen LogP contribution in [0.4, 0.5) is 28.9 Å². The molecule has 0 atom stereocenters. The van der Waals surface area contributed by atoms with Gasteiger partial charge in [0.1, 0.15) is 5.82 Å². The molecule has 0 aliphatic carbocycles. The molecule has 3 aromatic rings. The maximum Gasteiger partial charge on any atom is 0.416 e. The lowest BCUT2D eigenvalue weighted by Gasteiger charge is -2.13. The number of nitrogens with one attached hydrogen (secondary N) is 1. The molecule has 25 heavy (non-hydrogen) atoms. The van der Waals surface area contributed by atoms with Crippen molar-refractivity contribution in [2.24, 2.45) is 0 Å². The average molecular weight is 349 g/mol. The Kier molecular flexibility index (Phi) is 4.03. The standard InChI is InChI=1S/C17H11F4N3O/c18-13-6-10(17(19,20)21)5-12(15(13)22)16(25)24-14-8-23-7-9-3-1-2-4-11(9)14/h1-8H,22H2,(H,24,25). The lowest BCUT2D eigenvalue weighted by atomic mass is 10.1. The van der Waals surface area contributed by atoms with Gasteiger partial charge in [0, 0.05) is 17.0 Å². The number of hydrogen-bond donors (Lipinski definition) is 2. The second kappa shape index (κ2) is 6.04. The van der Waals surface area contributed by atoms with Gasteiger partial charge >= 0.3 is 6.18 Å². The Balaban J connectivity index is 2.02. The first kappa shape index (κ1) is 16.7. The highest BCUT2D eigenvalue weighted by atomic mass is 19.4. The smallest absolute Gasteiger partial charge is 0.396 e. The van der Waals surface area contributed by atoms with E-state index in [1.807, 2.05) is 0 Å². The summed E-state index contributed by atoms with van der Waals surface area (Å²) in [6.07, 6.45) is -1.88. The summed E-state index contributed by atoms with van der Waals surface area (Å²) >= 11 is 0. The van der Waals surface area contributed by atoms with Crippen molar-refractivity contribution < 1.29 is 22.4 Å². The maximum absolute atomic E-state index is 13.7. The number of amides is 1.